The summed E-state index contributed by atoms with van der Waals surface area (Å²) in [6.45, 7) is 2.97. The molecule has 1 amide bonds. The minimum absolute atomic E-state index is 0.115. The Morgan fingerprint density at radius 3 is 2.55 bits per heavy atom. The number of imidazole rings is 1. The second-order valence-corrected chi connectivity index (χ2v) is 5.14. The number of amides is 1. The molecule has 0 fully saturated rings. The van der Waals surface area contributed by atoms with Crippen LogP contribution in [0.1, 0.15) is 23.0 Å². The average Bonchev–Trinajstić information content (AvgIpc) is 2.87. The van der Waals surface area contributed by atoms with Gasteiger partial charge in [-0.25, -0.2) is 4.98 Å². The summed E-state index contributed by atoms with van der Waals surface area (Å²) >= 11 is 0. The summed E-state index contributed by atoms with van der Waals surface area (Å²) in [5, 5.41) is 2.90. The average molecular weight is 302 g/mol. The number of nitrogens with one attached hydrogen (secondary N) is 1. The maximum Gasteiger partial charge on any atom is 0.251 e. The van der Waals surface area contributed by atoms with E-state index in [4.69, 9.17) is 4.74 Å². The number of aromatic nitrogens is 2. The summed E-state index contributed by atoms with van der Waals surface area (Å²) in [4.78, 5) is 18.4. The summed E-state index contributed by atoms with van der Waals surface area (Å²) in [5.41, 5.74) is 1.56. The van der Waals surface area contributed by atoms with Gasteiger partial charge >= 0.3 is 0 Å². The van der Waals surface area contributed by atoms with Crippen LogP contribution in [0.15, 0.2) is 30.5 Å². The van der Waals surface area contributed by atoms with E-state index in [1.165, 1.54) is 0 Å². The molecule has 0 aliphatic rings. The Labute approximate surface area is 130 Å². The third-order valence-electron chi connectivity index (χ3n) is 3.32. The van der Waals surface area contributed by atoms with Crippen LogP contribution in [0, 0.1) is 0 Å². The van der Waals surface area contributed by atoms with E-state index in [2.05, 4.69) is 10.3 Å². The lowest BCUT2D eigenvalue weighted by Gasteiger charge is -2.13. The van der Waals surface area contributed by atoms with Crippen molar-refractivity contribution in [2.75, 3.05) is 25.6 Å². The number of nitrogens with zero attached hydrogens (tertiary/aromatic N) is 3. The van der Waals surface area contributed by atoms with Crippen molar-refractivity contribution < 1.29 is 9.53 Å². The summed E-state index contributed by atoms with van der Waals surface area (Å²) in [5.74, 6) is 1.50. The van der Waals surface area contributed by atoms with E-state index in [0.29, 0.717) is 18.7 Å². The molecule has 0 atom stereocenters. The minimum atomic E-state index is -0.115. The van der Waals surface area contributed by atoms with E-state index in [1.54, 1.807) is 30.5 Å². The van der Waals surface area contributed by atoms with Crippen molar-refractivity contribution in [1.82, 2.24) is 14.9 Å². The quantitative estimate of drug-likeness (QED) is 0.884. The topological polar surface area (TPSA) is 59.4 Å². The van der Waals surface area contributed by atoms with E-state index < -0.39 is 0 Å². The molecule has 0 aliphatic carbocycles. The first-order valence-electron chi connectivity index (χ1n) is 7.22. The van der Waals surface area contributed by atoms with Gasteiger partial charge in [-0.15, -0.1) is 0 Å². The molecule has 0 spiro atoms. The molecule has 6 heteroatoms. The molecule has 0 saturated heterocycles. The lowest BCUT2D eigenvalue weighted by atomic mass is 10.2. The second-order valence-electron chi connectivity index (χ2n) is 5.14. The molecule has 2 rings (SSSR count). The zero-order chi connectivity index (χ0) is 16.1. The molecule has 6 nitrogen and oxygen atoms in total. The van der Waals surface area contributed by atoms with Gasteiger partial charge in [0.2, 0.25) is 5.95 Å². The number of anilines is 1. The number of carbonyl (C=O) groups excluding carboxylic acids is 1. The summed E-state index contributed by atoms with van der Waals surface area (Å²) in [6.07, 6.45) is 1.77. The van der Waals surface area contributed by atoms with Crippen molar-refractivity contribution in [3.8, 4) is 5.75 Å². The zero-order valence-corrected chi connectivity index (χ0v) is 13.5. The predicted molar refractivity (Wildman–Crippen MR) is 86.3 cm³/mol. The summed E-state index contributed by atoms with van der Waals surface area (Å²) in [7, 11) is 5.80. The predicted octanol–water partition coefficient (Wildman–Crippen LogP) is 1.81. The van der Waals surface area contributed by atoms with E-state index >= 15 is 0 Å². The monoisotopic (exact) mass is 302 g/mol. The van der Waals surface area contributed by atoms with Crippen molar-refractivity contribution in [2.24, 2.45) is 7.05 Å². The van der Waals surface area contributed by atoms with Crippen LogP contribution in [-0.4, -0.2) is 36.2 Å². The molecular formula is C16H22N4O2. The molecular weight excluding hydrogens is 280 g/mol. The van der Waals surface area contributed by atoms with Gasteiger partial charge in [-0.1, -0.05) is 0 Å². The molecule has 2 aromatic rings. The number of hydrogen-bond donors (Lipinski definition) is 1. The van der Waals surface area contributed by atoms with Gasteiger partial charge in [-0.3, -0.25) is 4.79 Å². The van der Waals surface area contributed by atoms with Crippen LogP contribution in [0.5, 0.6) is 5.75 Å². The Balaban J connectivity index is 1.97. The highest BCUT2D eigenvalue weighted by atomic mass is 16.5. The van der Waals surface area contributed by atoms with Crippen molar-refractivity contribution in [3.63, 3.8) is 0 Å². The molecule has 0 aliphatic heterocycles. The lowest BCUT2D eigenvalue weighted by molar-refractivity contribution is 0.0950. The molecule has 118 valence electrons. The Morgan fingerprint density at radius 2 is 2.00 bits per heavy atom. The van der Waals surface area contributed by atoms with E-state index in [1.807, 2.05) is 37.5 Å². The summed E-state index contributed by atoms with van der Waals surface area (Å²) in [6, 6.07) is 7.11. The molecule has 1 aromatic heterocycles. The molecule has 0 radical (unpaired) electrons. The highest BCUT2D eigenvalue weighted by molar-refractivity contribution is 5.94. The van der Waals surface area contributed by atoms with Crippen LogP contribution in [0.25, 0.3) is 0 Å². The fourth-order valence-electron chi connectivity index (χ4n) is 2.16. The van der Waals surface area contributed by atoms with Gasteiger partial charge in [-0.2, -0.15) is 0 Å². The Morgan fingerprint density at radius 1 is 1.32 bits per heavy atom. The third kappa shape index (κ3) is 3.58. The van der Waals surface area contributed by atoms with Gasteiger partial charge in [0.1, 0.15) is 5.75 Å². The zero-order valence-electron chi connectivity index (χ0n) is 13.5. The molecule has 0 unspecified atom stereocenters. The van der Waals surface area contributed by atoms with Crippen LogP contribution < -0.4 is 15.0 Å². The van der Waals surface area contributed by atoms with Crippen molar-refractivity contribution in [3.05, 3.63) is 41.7 Å². The van der Waals surface area contributed by atoms with E-state index in [-0.39, 0.29) is 5.91 Å². The lowest BCUT2D eigenvalue weighted by Crippen LogP contribution is -2.24. The Kier molecular flexibility index (Phi) is 5.04. The van der Waals surface area contributed by atoms with Crippen LogP contribution in [0.3, 0.4) is 0 Å². The fourth-order valence-corrected chi connectivity index (χ4v) is 2.16. The van der Waals surface area contributed by atoms with Crippen LogP contribution in [0.2, 0.25) is 0 Å². The maximum atomic E-state index is 12.1. The van der Waals surface area contributed by atoms with E-state index in [9.17, 15) is 4.79 Å². The van der Waals surface area contributed by atoms with Gasteiger partial charge in [0.05, 0.1) is 25.0 Å². The van der Waals surface area contributed by atoms with Crippen molar-refractivity contribution in [1.29, 1.82) is 0 Å². The first-order chi connectivity index (χ1) is 10.5. The van der Waals surface area contributed by atoms with Gasteiger partial charge < -0.3 is 19.5 Å². The largest absolute Gasteiger partial charge is 0.494 e. The van der Waals surface area contributed by atoms with Crippen LogP contribution in [-0.2, 0) is 13.6 Å². The second kappa shape index (κ2) is 6.98. The minimum Gasteiger partial charge on any atom is -0.494 e. The van der Waals surface area contributed by atoms with Gasteiger partial charge in [-0.05, 0) is 31.2 Å². The number of carbonyl (C=O) groups is 1. The van der Waals surface area contributed by atoms with Crippen molar-refractivity contribution in [2.45, 2.75) is 13.5 Å². The molecule has 22 heavy (non-hydrogen) atoms. The van der Waals surface area contributed by atoms with Gasteiger partial charge in [0.15, 0.2) is 0 Å². The molecule has 0 saturated carbocycles. The SMILES string of the molecule is CCOc1ccc(C(=O)NCc2cnc(N(C)C)n2C)cc1. The van der Waals surface area contributed by atoms with Gasteiger partial charge in [0, 0.05) is 26.7 Å². The maximum absolute atomic E-state index is 12.1. The normalized spacial score (nSPS) is 10.4. The fraction of sp³-hybridized carbons (Fsp3) is 0.375. The summed E-state index contributed by atoms with van der Waals surface area (Å²) < 4.78 is 7.32. The Hall–Kier alpha value is -2.50. The Bertz CT molecular complexity index is 632. The highest BCUT2D eigenvalue weighted by Gasteiger charge is 2.10. The van der Waals surface area contributed by atoms with E-state index in [0.717, 1.165) is 17.4 Å². The van der Waals surface area contributed by atoms with Crippen molar-refractivity contribution >= 4 is 11.9 Å². The standard InChI is InChI=1S/C16H22N4O2/c1-5-22-14-8-6-12(7-9-14)15(21)17-10-13-11-18-16(19(2)3)20(13)4/h6-9,11H,5,10H2,1-4H3,(H,17,21). The number of ether oxygens (including phenoxy) is 1. The molecule has 1 N–H and O–H groups in total. The number of benzene rings is 1. The molecule has 1 heterocycles. The molecule has 1 aromatic carbocycles. The first kappa shape index (κ1) is 15.9. The van der Waals surface area contributed by atoms with Gasteiger partial charge in [0.25, 0.3) is 5.91 Å². The highest BCUT2D eigenvalue weighted by Crippen LogP contribution is 2.13. The third-order valence-corrected chi connectivity index (χ3v) is 3.32. The first-order valence-corrected chi connectivity index (χ1v) is 7.22. The smallest absolute Gasteiger partial charge is 0.251 e. The molecule has 0 bridgehead atoms. The number of rotatable bonds is 6. The van der Waals surface area contributed by atoms with Crippen LogP contribution in [0.4, 0.5) is 5.95 Å². The van der Waals surface area contributed by atoms with Crippen LogP contribution >= 0.6 is 0 Å². The number of hydrogen-bond acceptors (Lipinski definition) is 4.